The van der Waals surface area contributed by atoms with Crippen molar-refractivity contribution in [3.63, 3.8) is 0 Å². The Labute approximate surface area is 150 Å². The molecule has 0 aromatic heterocycles. The first-order valence-electron chi connectivity index (χ1n) is 8.46. The third kappa shape index (κ3) is 3.91. The maximum atomic E-state index is 13.7. The molecule has 2 N–H and O–H groups in total. The highest BCUT2D eigenvalue weighted by Crippen LogP contribution is 2.36. The van der Waals surface area contributed by atoms with Gasteiger partial charge in [-0.25, -0.2) is 4.39 Å². The Kier molecular flexibility index (Phi) is 5.32. The van der Waals surface area contributed by atoms with Crippen LogP contribution in [-0.4, -0.2) is 30.2 Å². The number of carbonyl (C=O) groups excluding carboxylic acids is 1. The Bertz CT molecular complexity index is 815. The molecule has 0 spiro atoms. The number of ether oxygens (including phenoxy) is 1. The topological polar surface area (TPSA) is 75.6 Å². The van der Waals surface area contributed by atoms with Gasteiger partial charge in [0.15, 0.2) is 0 Å². The largest absolute Gasteiger partial charge is 0.481 e. The summed E-state index contributed by atoms with van der Waals surface area (Å²) in [5.74, 6) is -1.56. The summed E-state index contributed by atoms with van der Waals surface area (Å²) in [7, 11) is 0. The first kappa shape index (κ1) is 18.1. The van der Waals surface area contributed by atoms with Crippen molar-refractivity contribution < 1.29 is 23.8 Å². The van der Waals surface area contributed by atoms with E-state index in [1.807, 2.05) is 0 Å². The van der Waals surface area contributed by atoms with E-state index in [9.17, 15) is 14.0 Å². The lowest BCUT2D eigenvalue weighted by Gasteiger charge is -2.36. The van der Waals surface area contributed by atoms with E-state index in [2.05, 4.69) is 5.32 Å². The normalized spacial score (nSPS) is 16.0. The molecule has 3 rings (SSSR count). The molecular weight excluding hydrogens is 337 g/mol. The first-order valence-corrected chi connectivity index (χ1v) is 8.46. The molecule has 1 saturated heterocycles. The zero-order chi connectivity index (χ0) is 18.6. The van der Waals surface area contributed by atoms with Gasteiger partial charge < -0.3 is 15.2 Å². The van der Waals surface area contributed by atoms with Crippen LogP contribution in [0.4, 0.5) is 10.1 Å². The summed E-state index contributed by atoms with van der Waals surface area (Å²) in [4.78, 5) is 24.0. The molecule has 1 amide bonds. The van der Waals surface area contributed by atoms with Crippen LogP contribution < -0.4 is 5.32 Å². The van der Waals surface area contributed by atoms with Crippen LogP contribution in [0.15, 0.2) is 48.5 Å². The van der Waals surface area contributed by atoms with Crippen LogP contribution in [0.5, 0.6) is 0 Å². The van der Waals surface area contributed by atoms with E-state index in [1.54, 1.807) is 36.4 Å². The van der Waals surface area contributed by atoms with Crippen molar-refractivity contribution in [2.45, 2.75) is 24.7 Å². The van der Waals surface area contributed by atoms with E-state index < -0.39 is 11.4 Å². The number of hydrogen-bond acceptors (Lipinski definition) is 3. The van der Waals surface area contributed by atoms with Crippen molar-refractivity contribution in [1.82, 2.24) is 0 Å². The number of carboxylic acids is 1. The number of nitrogens with one attached hydrogen (secondary N) is 1. The van der Waals surface area contributed by atoms with Crippen LogP contribution in [0.2, 0.25) is 0 Å². The van der Waals surface area contributed by atoms with Crippen molar-refractivity contribution in [2.75, 3.05) is 18.5 Å². The van der Waals surface area contributed by atoms with E-state index >= 15 is 0 Å². The van der Waals surface area contributed by atoms with Gasteiger partial charge in [-0.3, -0.25) is 9.59 Å². The predicted molar refractivity (Wildman–Crippen MR) is 94.5 cm³/mol. The fourth-order valence-electron chi connectivity index (χ4n) is 3.34. The number of amides is 1. The van der Waals surface area contributed by atoms with Gasteiger partial charge in [0.1, 0.15) is 5.82 Å². The average Bonchev–Trinajstić information content (AvgIpc) is 2.62. The highest BCUT2D eigenvalue weighted by Gasteiger charge is 2.42. The predicted octanol–water partition coefficient (Wildman–Crippen LogP) is 3.14. The molecule has 6 heteroatoms. The molecule has 1 aliphatic rings. The van der Waals surface area contributed by atoms with Gasteiger partial charge in [-0.1, -0.05) is 24.3 Å². The van der Waals surface area contributed by atoms with Gasteiger partial charge in [-0.05, 0) is 48.2 Å². The molecule has 1 fully saturated rings. The summed E-state index contributed by atoms with van der Waals surface area (Å²) in [5.41, 5.74) is 0.876. The molecule has 0 radical (unpaired) electrons. The summed E-state index contributed by atoms with van der Waals surface area (Å²) in [6.07, 6.45) is 0.792. The lowest BCUT2D eigenvalue weighted by atomic mass is 9.73. The molecule has 5 nitrogen and oxygen atoms in total. The van der Waals surface area contributed by atoms with Crippen LogP contribution in [-0.2, 0) is 26.2 Å². The average molecular weight is 357 g/mol. The Balaban J connectivity index is 1.88. The quantitative estimate of drug-likeness (QED) is 0.862. The minimum atomic E-state index is -0.936. The number of anilines is 1. The number of hydrogen-bond donors (Lipinski definition) is 2. The Morgan fingerprint density at radius 2 is 1.85 bits per heavy atom. The van der Waals surface area contributed by atoms with Crippen LogP contribution in [0.3, 0.4) is 0 Å². The van der Waals surface area contributed by atoms with Crippen molar-refractivity contribution in [1.29, 1.82) is 0 Å². The highest BCUT2D eigenvalue weighted by atomic mass is 19.1. The number of rotatable bonds is 5. The molecule has 0 saturated carbocycles. The van der Waals surface area contributed by atoms with Crippen molar-refractivity contribution >= 4 is 17.6 Å². The number of carboxylic acid groups (broad SMARTS) is 1. The second-order valence-electron chi connectivity index (χ2n) is 6.43. The number of carbonyl (C=O) groups is 2. The SMILES string of the molecule is O=C(O)Cc1cccc(NC(=O)C2(c3cccc(F)c3)CCOCC2)c1. The molecular formula is C20H20FNO4. The number of benzene rings is 2. The monoisotopic (exact) mass is 357 g/mol. The van der Waals surface area contributed by atoms with E-state index in [4.69, 9.17) is 9.84 Å². The molecule has 2 aromatic rings. The summed E-state index contributed by atoms with van der Waals surface area (Å²) in [5, 5.41) is 11.8. The Morgan fingerprint density at radius 1 is 1.12 bits per heavy atom. The molecule has 0 aliphatic carbocycles. The lowest BCUT2D eigenvalue weighted by molar-refractivity contribution is -0.136. The van der Waals surface area contributed by atoms with Crippen LogP contribution in [0.25, 0.3) is 0 Å². The van der Waals surface area contributed by atoms with Crippen LogP contribution in [0.1, 0.15) is 24.0 Å². The van der Waals surface area contributed by atoms with Crippen molar-refractivity contribution in [3.05, 3.63) is 65.5 Å². The second kappa shape index (κ2) is 7.66. The van der Waals surface area contributed by atoms with E-state index in [-0.39, 0.29) is 18.1 Å². The zero-order valence-electron chi connectivity index (χ0n) is 14.2. The van der Waals surface area contributed by atoms with E-state index in [1.165, 1.54) is 12.1 Å². The molecule has 136 valence electrons. The third-order valence-electron chi connectivity index (χ3n) is 4.70. The molecule has 1 aliphatic heterocycles. The number of aliphatic carboxylic acids is 1. The first-order chi connectivity index (χ1) is 12.5. The standard InChI is InChI=1S/C20H20FNO4/c21-16-5-2-4-15(13-16)20(7-9-26-10-8-20)19(25)22-17-6-1-3-14(11-17)12-18(23)24/h1-6,11,13H,7-10,12H2,(H,22,25)(H,23,24). The second-order valence-corrected chi connectivity index (χ2v) is 6.43. The Hall–Kier alpha value is -2.73. The fourth-order valence-corrected chi connectivity index (χ4v) is 3.34. The van der Waals surface area contributed by atoms with Gasteiger partial charge >= 0.3 is 5.97 Å². The lowest BCUT2D eigenvalue weighted by Crippen LogP contribution is -2.44. The minimum Gasteiger partial charge on any atom is -0.481 e. The summed E-state index contributed by atoms with van der Waals surface area (Å²) >= 11 is 0. The van der Waals surface area contributed by atoms with Crippen molar-refractivity contribution in [2.24, 2.45) is 0 Å². The molecule has 0 atom stereocenters. The number of halogens is 1. The third-order valence-corrected chi connectivity index (χ3v) is 4.70. The molecule has 1 heterocycles. The van der Waals surface area contributed by atoms with Gasteiger partial charge in [-0.15, -0.1) is 0 Å². The van der Waals surface area contributed by atoms with Gasteiger partial charge in [0, 0.05) is 18.9 Å². The van der Waals surface area contributed by atoms with Crippen molar-refractivity contribution in [3.8, 4) is 0 Å². The summed E-state index contributed by atoms with van der Waals surface area (Å²) in [6.45, 7) is 0.839. The van der Waals surface area contributed by atoms with E-state index in [0.29, 0.717) is 42.9 Å². The summed E-state index contributed by atoms with van der Waals surface area (Å²) < 4.78 is 19.1. The smallest absolute Gasteiger partial charge is 0.307 e. The maximum absolute atomic E-state index is 13.7. The van der Waals surface area contributed by atoms with E-state index in [0.717, 1.165) is 0 Å². The maximum Gasteiger partial charge on any atom is 0.307 e. The zero-order valence-corrected chi connectivity index (χ0v) is 14.2. The van der Waals surface area contributed by atoms with Crippen LogP contribution >= 0.6 is 0 Å². The molecule has 2 aromatic carbocycles. The molecule has 0 unspecified atom stereocenters. The van der Waals surface area contributed by atoms with Gasteiger partial charge in [0.05, 0.1) is 11.8 Å². The van der Waals surface area contributed by atoms with Gasteiger partial charge in [0.25, 0.3) is 0 Å². The van der Waals surface area contributed by atoms with Gasteiger partial charge in [0.2, 0.25) is 5.91 Å². The Morgan fingerprint density at radius 3 is 2.54 bits per heavy atom. The molecule has 0 bridgehead atoms. The minimum absolute atomic E-state index is 0.118. The van der Waals surface area contributed by atoms with Gasteiger partial charge in [-0.2, -0.15) is 0 Å². The van der Waals surface area contributed by atoms with Crippen LogP contribution in [0, 0.1) is 5.82 Å². The fraction of sp³-hybridized carbons (Fsp3) is 0.300. The molecule has 26 heavy (non-hydrogen) atoms. The summed E-state index contributed by atoms with van der Waals surface area (Å²) in [6, 6.07) is 12.9. The highest BCUT2D eigenvalue weighted by molar-refractivity contribution is 5.99.